The zero-order valence-corrected chi connectivity index (χ0v) is 9.69. The quantitative estimate of drug-likeness (QED) is 0.624. The highest BCUT2D eigenvalue weighted by atomic mass is 16.6. The van der Waals surface area contributed by atoms with Crippen LogP contribution in [0.4, 0.5) is 5.69 Å². The van der Waals surface area contributed by atoms with Gasteiger partial charge in [0, 0.05) is 30.9 Å². The van der Waals surface area contributed by atoms with Gasteiger partial charge in [0.2, 0.25) is 0 Å². The molecule has 7 heteroatoms. The summed E-state index contributed by atoms with van der Waals surface area (Å²) >= 11 is 0. The Kier molecular flexibility index (Phi) is 3.63. The lowest BCUT2D eigenvalue weighted by Crippen LogP contribution is -2.04. The summed E-state index contributed by atoms with van der Waals surface area (Å²) in [6, 6.07) is 6.69. The predicted molar refractivity (Wildman–Crippen MR) is 64.7 cm³/mol. The summed E-state index contributed by atoms with van der Waals surface area (Å²) in [5.41, 5.74) is 6.96. The Morgan fingerprint density at radius 1 is 1.39 bits per heavy atom. The van der Waals surface area contributed by atoms with Gasteiger partial charge in [-0.25, -0.2) is 0 Å². The molecule has 0 aliphatic rings. The third kappa shape index (κ3) is 2.69. The number of benzene rings is 1. The number of aryl methyl sites for hydroxylation is 2. The minimum Gasteiger partial charge on any atom is -0.325 e. The normalized spacial score (nSPS) is 10.5. The van der Waals surface area contributed by atoms with Crippen molar-refractivity contribution in [1.82, 2.24) is 15.0 Å². The van der Waals surface area contributed by atoms with Crippen molar-refractivity contribution in [2.75, 3.05) is 0 Å². The predicted octanol–water partition coefficient (Wildman–Crippen LogP) is 0.888. The Hall–Kier alpha value is -2.28. The molecule has 0 spiro atoms. The molecule has 0 aliphatic heterocycles. The molecule has 0 radical (unpaired) electrons. The fourth-order valence-corrected chi connectivity index (χ4v) is 1.68. The Balaban J connectivity index is 2.08. The van der Waals surface area contributed by atoms with Crippen LogP contribution in [-0.4, -0.2) is 19.9 Å². The fraction of sp³-hybridized carbons (Fsp3) is 0.273. The van der Waals surface area contributed by atoms with E-state index in [1.54, 1.807) is 29.1 Å². The number of rotatable bonds is 5. The van der Waals surface area contributed by atoms with Crippen molar-refractivity contribution in [1.29, 1.82) is 0 Å². The van der Waals surface area contributed by atoms with Crippen molar-refractivity contribution in [3.8, 4) is 0 Å². The van der Waals surface area contributed by atoms with Gasteiger partial charge in [-0.2, -0.15) is 0 Å². The van der Waals surface area contributed by atoms with Gasteiger partial charge in [0.05, 0.1) is 10.6 Å². The Morgan fingerprint density at radius 2 is 2.17 bits per heavy atom. The van der Waals surface area contributed by atoms with Gasteiger partial charge in [0.15, 0.2) is 0 Å². The first-order valence-electron chi connectivity index (χ1n) is 5.52. The molecule has 0 aliphatic carbocycles. The smallest absolute Gasteiger partial charge is 0.272 e. The molecular formula is C11H13N5O2. The molecule has 0 saturated carbocycles. The SMILES string of the molecule is NCc1cn(CCc2ccccc2[N+](=O)[O-])nn1. The van der Waals surface area contributed by atoms with Crippen molar-refractivity contribution >= 4 is 5.69 Å². The molecule has 2 rings (SSSR count). The van der Waals surface area contributed by atoms with Crippen LogP contribution in [0.25, 0.3) is 0 Å². The van der Waals surface area contributed by atoms with E-state index in [2.05, 4.69) is 10.3 Å². The number of hydrogen-bond acceptors (Lipinski definition) is 5. The Morgan fingerprint density at radius 3 is 2.83 bits per heavy atom. The van der Waals surface area contributed by atoms with Crippen LogP contribution in [0.3, 0.4) is 0 Å². The summed E-state index contributed by atoms with van der Waals surface area (Å²) < 4.78 is 1.64. The highest BCUT2D eigenvalue weighted by molar-refractivity contribution is 5.39. The molecular weight excluding hydrogens is 234 g/mol. The van der Waals surface area contributed by atoms with Gasteiger partial charge in [-0.1, -0.05) is 23.4 Å². The molecule has 1 aromatic carbocycles. The third-order valence-corrected chi connectivity index (χ3v) is 2.59. The molecule has 0 saturated heterocycles. The molecule has 1 heterocycles. The van der Waals surface area contributed by atoms with Gasteiger partial charge >= 0.3 is 0 Å². The topological polar surface area (TPSA) is 99.9 Å². The number of aromatic nitrogens is 3. The number of hydrogen-bond donors (Lipinski definition) is 1. The van der Waals surface area contributed by atoms with Gasteiger partial charge in [0.25, 0.3) is 5.69 Å². The van der Waals surface area contributed by atoms with Crippen molar-refractivity contribution in [3.05, 3.63) is 51.8 Å². The summed E-state index contributed by atoms with van der Waals surface area (Å²) in [6.07, 6.45) is 2.28. The standard InChI is InChI=1S/C11H13N5O2/c12-7-10-8-15(14-13-10)6-5-9-3-1-2-4-11(9)16(17)18/h1-4,8H,5-7,12H2. The van der Waals surface area contributed by atoms with E-state index in [0.717, 1.165) is 0 Å². The number of para-hydroxylation sites is 1. The number of nitrogens with two attached hydrogens (primary N) is 1. The minimum absolute atomic E-state index is 0.136. The average Bonchev–Trinajstić information content (AvgIpc) is 2.84. The first-order valence-corrected chi connectivity index (χ1v) is 5.52. The van der Waals surface area contributed by atoms with E-state index < -0.39 is 0 Å². The highest BCUT2D eigenvalue weighted by Gasteiger charge is 2.12. The summed E-state index contributed by atoms with van der Waals surface area (Å²) in [6.45, 7) is 0.878. The van der Waals surface area contributed by atoms with Crippen LogP contribution in [-0.2, 0) is 19.5 Å². The van der Waals surface area contributed by atoms with E-state index in [-0.39, 0.29) is 10.6 Å². The van der Waals surface area contributed by atoms with Crippen molar-refractivity contribution < 1.29 is 4.92 Å². The second-order valence-corrected chi connectivity index (χ2v) is 3.81. The van der Waals surface area contributed by atoms with Crippen molar-refractivity contribution in [2.24, 2.45) is 5.73 Å². The van der Waals surface area contributed by atoms with Gasteiger partial charge in [-0.05, 0) is 6.42 Å². The largest absolute Gasteiger partial charge is 0.325 e. The molecule has 0 atom stereocenters. The maximum atomic E-state index is 10.8. The van der Waals surface area contributed by atoms with Crippen molar-refractivity contribution in [2.45, 2.75) is 19.5 Å². The van der Waals surface area contributed by atoms with E-state index in [9.17, 15) is 10.1 Å². The lowest BCUT2D eigenvalue weighted by atomic mass is 10.1. The van der Waals surface area contributed by atoms with Gasteiger partial charge in [0.1, 0.15) is 0 Å². The lowest BCUT2D eigenvalue weighted by molar-refractivity contribution is -0.385. The highest BCUT2D eigenvalue weighted by Crippen LogP contribution is 2.18. The van der Waals surface area contributed by atoms with Crippen LogP contribution in [0.1, 0.15) is 11.3 Å². The average molecular weight is 247 g/mol. The summed E-state index contributed by atoms with van der Waals surface area (Å²) in [5, 5.41) is 18.6. The van der Waals surface area contributed by atoms with E-state index in [1.165, 1.54) is 6.07 Å². The second kappa shape index (κ2) is 5.37. The van der Waals surface area contributed by atoms with Crippen LogP contribution in [0.5, 0.6) is 0 Å². The third-order valence-electron chi connectivity index (χ3n) is 2.59. The summed E-state index contributed by atoms with van der Waals surface area (Å²) in [4.78, 5) is 10.5. The molecule has 94 valence electrons. The lowest BCUT2D eigenvalue weighted by Gasteiger charge is -2.02. The first-order chi connectivity index (χ1) is 8.70. The number of nitro benzene ring substituents is 1. The molecule has 0 fully saturated rings. The van der Waals surface area contributed by atoms with E-state index >= 15 is 0 Å². The van der Waals surface area contributed by atoms with Gasteiger partial charge < -0.3 is 5.73 Å². The van der Waals surface area contributed by atoms with E-state index in [4.69, 9.17) is 5.73 Å². The molecule has 2 aromatic rings. The van der Waals surface area contributed by atoms with Crippen LogP contribution in [0, 0.1) is 10.1 Å². The minimum atomic E-state index is -0.373. The number of nitrogens with zero attached hydrogens (tertiary/aromatic N) is 4. The molecule has 0 amide bonds. The molecule has 0 bridgehead atoms. The maximum absolute atomic E-state index is 10.8. The molecule has 2 N–H and O–H groups in total. The molecule has 18 heavy (non-hydrogen) atoms. The summed E-state index contributed by atoms with van der Waals surface area (Å²) in [7, 11) is 0. The van der Waals surface area contributed by atoms with Crippen LogP contribution in [0.15, 0.2) is 30.5 Å². The van der Waals surface area contributed by atoms with Crippen molar-refractivity contribution in [3.63, 3.8) is 0 Å². The Bertz CT molecular complexity index is 552. The Labute approximate surface area is 103 Å². The second-order valence-electron chi connectivity index (χ2n) is 3.81. The monoisotopic (exact) mass is 247 g/mol. The zero-order valence-electron chi connectivity index (χ0n) is 9.69. The van der Waals surface area contributed by atoms with Crippen LogP contribution >= 0.6 is 0 Å². The van der Waals surface area contributed by atoms with E-state index in [1.807, 2.05) is 0 Å². The first kappa shape index (κ1) is 12.2. The summed E-state index contributed by atoms with van der Waals surface area (Å²) in [5.74, 6) is 0. The van der Waals surface area contributed by atoms with Gasteiger partial charge in [-0.15, -0.1) is 5.10 Å². The molecule has 7 nitrogen and oxygen atoms in total. The van der Waals surface area contributed by atoms with Crippen LogP contribution < -0.4 is 5.73 Å². The van der Waals surface area contributed by atoms with Crippen LogP contribution in [0.2, 0.25) is 0 Å². The number of nitro groups is 1. The fourth-order valence-electron chi connectivity index (χ4n) is 1.68. The maximum Gasteiger partial charge on any atom is 0.272 e. The molecule has 0 unspecified atom stereocenters. The van der Waals surface area contributed by atoms with E-state index in [0.29, 0.717) is 30.8 Å². The zero-order chi connectivity index (χ0) is 13.0. The van der Waals surface area contributed by atoms with Gasteiger partial charge in [-0.3, -0.25) is 14.8 Å². The molecule has 1 aromatic heterocycles.